The molecule has 1 aliphatic heterocycles. The number of rotatable bonds is 7. The molecule has 3 amide bonds. The van der Waals surface area contributed by atoms with Gasteiger partial charge in [-0.05, 0) is 67.4 Å². The smallest absolute Gasteiger partial charge is 0.274 e. The quantitative estimate of drug-likeness (QED) is 0.411. The van der Waals surface area contributed by atoms with Gasteiger partial charge in [0.05, 0.1) is 28.2 Å². The topological polar surface area (TPSA) is 138 Å². The van der Waals surface area contributed by atoms with Crippen LogP contribution in [0.5, 0.6) is 0 Å². The van der Waals surface area contributed by atoms with Crippen molar-refractivity contribution in [1.82, 2.24) is 4.98 Å². The number of amides is 3. The Morgan fingerprint density at radius 1 is 0.946 bits per heavy atom. The third-order valence-corrected chi connectivity index (χ3v) is 6.37. The number of piperidine rings is 1. The summed E-state index contributed by atoms with van der Waals surface area (Å²) in [6.07, 6.45) is 4.64. The van der Waals surface area contributed by atoms with Crippen LogP contribution in [-0.4, -0.2) is 43.9 Å². The van der Waals surface area contributed by atoms with E-state index in [4.69, 9.17) is 11.6 Å². The van der Waals surface area contributed by atoms with E-state index in [1.54, 1.807) is 29.2 Å². The fraction of sp³-hybridized carbons (Fsp3) is 0.200. The molecule has 3 N–H and O–H groups in total. The number of hydrogen-bond acceptors (Lipinski definition) is 6. The number of nitrogens with zero attached hydrogens (tertiary/aromatic N) is 2. The highest BCUT2D eigenvalue weighted by atomic mass is 35.5. The number of carbonyl (C=O) groups is 3. The zero-order valence-electron chi connectivity index (χ0n) is 19.8. The molecule has 2 aromatic carbocycles. The maximum absolute atomic E-state index is 13.1. The van der Waals surface area contributed by atoms with Gasteiger partial charge in [0.15, 0.2) is 0 Å². The number of anilines is 4. The molecule has 37 heavy (non-hydrogen) atoms. The number of halogens is 1. The van der Waals surface area contributed by atoms with E-state index in [0.717, 1.165) is 24.8 Å². The lowest BCUT2D eigenvalue weighted by atomic mass is 10.1. The van der Waals surface area contributed by atoms with E-state index in [9.17, 15) is 22.8 Å². The highest BCUT2D eigenvalue weighted by Gasteiger charge is 2.20. The summed E-state index contributed by atoms with van der Waals surface area (Å²) in [5.74, 6) is -1.08. The second-order valence-electron chi connectivity index (χ2n) is 8.45. The molecule has 1 saturated heterocycles. The van der Waals surface area contributed by atoms with Crippen LogP contribution in [0.1, 0.15) is 40.1 Å². The van der Waals surface area contributed by atoms with Crippen LogP contribution in [0.15, 0.2) is 60.8 Å². The van der Waals surface area contributed by atoms with Gasteiger partial charge in [0.1, 0.15) is 5.69 Å². The van der Waals surface area contributed by atoms with Gasteiger partial charge < -0.3 is 15.5 Å². The van der Waals surface area contributed by atoms with Crippen molar-refractivity contribution in [2.24, 2.45) is 0 Å². The number of carbonyl (C=O) groups excluding carboxylic acids is 3. The number of nitrogens with one attached hydrogen (secondary N) is 3. The lowest BCUT2D eigenvalue weighted by molar-refractivity contribution is -0.119. The van der Waals surface area contributed by atoms with E-state index < -0.39 is 21.8 Å². The summed E-state index contributed by atoms with van der Waals surface area (Å²) in [5, 5.41) is 5.73. The summed E-state index contributed by atoms with van der Waals surface area (Å²) in [6.45, 7) is 0.657. The molecule has 192 valence electrons. The summed E-state index contributed by atoms with van der Waals surface area (Å²) >= 11 is 5.83. The predicted octanol–water partition coefficient (Wildman–Crippen LogP) is 4.13. The van der Waals surface area contributed by atoms with Crippen molar-refractivity contribution >= 4 is 62.1 Å². The third kappa shape index (κ3) is 6.83. The molecule has 10 nitrogen and oxygen atoms in total. The fourth-order valence-corrected chi connectivity index (χ4v) is 4.49. The van der Waals surface area contributed by atoms with Crippen LogP contribution >= 0.6 is 11.6 Å². The van der Waals surface area contributed by atoms with Gasteiger partial charge >= 0.3 is 0 Å². The summed E-state index contributed by atoms with van der Waals surface area (Å²) in [4.78, 5) is 43.7. The van der Waals surface area contributed by atoms with Crippen LogP contribution in [0.25, 0.3) is 0 Å². The van der Waals surface area contributed by atoms with Crippen molar-refractivity contribution in [3.63, 3.8) is 0 Å². The fourth-order valence-electron chi connectivity index (χ4n) is 3.82. The Labute approximate surface area is 219 Å². The Balaban J connectivity index is 1.57. The molecule has 0 atom stereocenters. The molecule has 1 aliphatic rings. The lowest BCUT2D eigenvalue weighted by Gasteiger charge is -2.26. The zero-order chi connectivity index (χ0) is 26.6. The van der Waals surface area contributed by atoms with Crippen LogP contribution in [0.2, 0.25) is 5.02 Å². The minimum atomic E-state index is -3.60. The van der Waals surface area contributed by atoms with Gasteiger partial charge in [0, 0.05) is 30.5 Å². The van der Waals surface area contributed by atoms with Crippen molar-refractivity contribution in [3.8, 4) is 0 Å². The number of aromatic nitrogens is 1. The molecule has 0 saturated carbocycles. The van der Waals surface area contributed by atoms with E-state index in [1.807, 2.05) is 0 Å². The van der Waals surface area contributed by atoms with Gasteiger partial charge in [0.25, 0.3) is 11.8 Å². The SMILES string of the molecule is CS(=O)(=O)Nc1ccc(C(=O)Nc2ccc(N3CCCCC3=O)cc2)c(NC(=O)c2ccc(Cl)cn2)c1. The maximum Gasteiger partial charge on any atom is 0.274 e. The first-order chi connectivity index (χ1) is 17.6. The highest BCUT2D eigenvalue weighted by molar-refractivity contribution is 7.92. The van der Waals surface area contributed by atoms with Gasteiger partial charge in [0.2, 0.25) is 15.9 Å². The van der Waals surface area contributed by atoms with Crippen molar-refractivity contribution < 1.29 is 22.8 Å². The number of pyridine rings is 1. The second kappa shape index (κ2) is 11.0. The van der Waals surface area contributed by atoms with Gasteiger partial charge in [-0.1, -0.05) is 11.6 Å². The molecule has 12 heteroatoms. The Morgan fingerprint density at radius 2 is 1.68 bits per heavy atom. The molecule has 1 aromatic heterocycles. The average Bonchev–Trinajstić information content (AvgIpc) is 2.84. The average molecular weight is 542 g/mol. The minimum absolute atomic E-state index is 0.0556. The van der Waals surface area contributed by atoms with Crippen LogP contribution in [-0.2, 0) is 14.8 Å². The van der Waals surface area contributed by atoms with Crippen LogP contribution in [0, 0.1) is 0 Å². The van der Waals surface area contributed by atoms with E-state index in [2.05, 4.69) is 20.3 Å². The van der Waals surface area contributed by atoms with E-state index in [1.165, 1.54) is 36.5 Å². The Kier molecular flexibility index (Phi) is 7.74. The molecule has 1 fully saturated rings. The largest absolute Gasteiger partial charge is 0.322 e. The molecular formula is C25H24ClN5O5S. The molecule has 4 rings (SSSR count). The monoisotopic (exact) mass is 541 g/mol. The Bertz CT molecular complexity index is 1440. The highest BCUT2D eigenvalue weighted by Crippen LogP contribution is 2.26. The number of hydrogen-bond donors (Lipinski definition) is 3. The van der Waals surface area contributed by atoms with Crippen molar-refractivity contribution in [1.29, 1.82) is 0 Å². The van der Waals surface area contributed by atoms with Gasteiger partial charge in [-0.2, -0.15) is 0 Å². The first-order valence-corrected chi connectivity index (χ1v) is 13.6. The van der Waals surface area contributed by atoms with E-state index in [-0.39, 0.29) is 28.5 Å². The van der Waals surface area contributed by atoms with Crippen LogP contribution in [0.3, 0.4) is 0 Å². The zero-order valence-corrected chi connectivity index (χ0v) is 21.4. The molecule has 3 aromatic rings. The number of benzene rings is 2. The predicted molar refractivity (Wildman–Crippen MR) is 143 cm³/mol. The molecule has 0 aliphatic carbocycles. The van der Waals surface area contributed by atoms with Crippen molar-refractivity contribution in [2.45, 2.75) is 19.3 Å². The summed E-state index contributed by atoms with van der Waals surface area (Å²) < 4.78 is 25.7. The van der Waals surface area contributed by atoms with Gasteiger partial charge in [-0.25, -0.2) is 13.4 Å². The standard InChI is InChI=1S/C25H24ClN5O5S/c1-37(35,36)30-18-8-11-20(22(14-18)29-25(34)21-12-5-16(26)15-27-21)24(33)28-17-6-9-19(10-7-17)31-13-3-2-4-23(31)32/h5-12,14-15,30H,2-4,13H2,1H3,(H,28,33)(H,29,34). The van der Waals surface area contributed by atoms with Gasteiger partial charge in [-0.3, -0.25) is 19.1 Å². The van der Waals surface area contributed by atoms with Crippen molar-refractivity contribution in [2.75, 3.05) is 33.1 Å². The molecule has 0 bridgehead atoms. The van der Waals surface area contributed by atoms with E-state index >= 15 is 0 Å². The maximum atomic E-state index is 13.1. The molecular weight excluding hydrogens is 518 g/mol. The summed E-state index contributed by atoms with van der Waals surface area (Å²) in [5.41, 5.74) is 1.62. The van der Waals surface area contributed by atoms with Gasteiger partial charge in [-0.15, -0.1) is 0 Å². The van der Waals surface area contributed by atoms with Crippen LogP contribution in [0.4, 0.5) is 22.7 Å². The third-order valence-electron chi connectivity index (χ3n) is 5.54. The first kappa shape index (κ1) is 26.1. The van der Waals surface area contributed by atoms with Crippen molar-refractivity contribution in [3.05, 3.63) is 77.1 Å². The summed E-state index contributed by atoms with van der Waals surface area (Å²) in [7, 11) is -3.60. The Hall–Kier alpha value is -3.96. The number of sulfonamides is 1. The van der Waals surface area contributed by atoms with E-state index in [0.29, 0.717) is 23.7 Å². The Morgan fingerprint density at radius 3 is 2.32 bits per heavy atom. The molecule has 0 unspecified atom stereocenters. The first-order valence-electron chi connectivity index (χ1n) is 11.4. The van der Waals surface area contributed by atoms with Crippen LogP contribution < -0.4 is 20.3 Å². The normalized spacial score (nSPS) is 13.7. The molecule has 0 spiro atoms. The summed E-state index contributed by atoms with van der Waals surface area (Å²) in [6, 6.07) is 14.0. The molecule has 2 heterocycles. The second-order valence-corrected chi connectivity index (χ2v) is 10.6. The minimum Gasteiger partial charge on any atom is -0.322 e. The molecule has 0 radical (unpaired) electrons. The lowest BCUT2D eigenvalue weighted by Crippen LogP contribution is -2.35.